The number of aromatic carboxylic acids is 1. The third-order valence-corrected chi connectivity index (χ3v) is 3.54. The van der Waals surface area contributed by atoms with Crippen LogP contribution in [-0.4, -0.2) is 15.6 Å². The average molecular weight is 322 g/mol. The summed E-state index contributed by atoms with van der Waals surface area (Å²) in [4.78, 5) is 22.5. The van der Waals surface area contributed by atoms with Gasteiger partial charge in [0.25, 0.3) is 0 Å². The van der Waals surface area contributed by atoms with E-state index in [2.05, 4.69) is 15.9 Å². The summed E-state index contributed by atoms with van der Waals surface area (Å²) < 4.78 is 2.38. The van der Waals surface area contributed by atoms with Crippen molar-refractivity contribution in [2.24, 2.45) is 0 Å². The van der Waals surface area contributed by atoms with Crippen molar-refractivity contribution in [3.63, 3.8) is 0 Å². The molecule has 0 amide bonds. The van der Waals surface area contributed by atoms with E-state index in [0.29, 0.717) is 4.47 Å². The van der Waals surface area contributed by atoms with Crippen molar-refractivity contribution in [1.82, 2.24) is 4.57 Å². The molecule has 0 fully saturated rings. The molecule has 1 N–H and O–H groups in total. The van der Waals surface area contributed by atoms with Crippen LogP contribution in [0, 0.1) is 13.8 Å². The molecule has 2 aromatic rings. The van der Waals surface area contributed by atoms with Crippen molar-refractivity contribution in [3.8, 4) is 5.69 Å². The smallest absolute Gasteiger partial charge is 0.336 e. The number of carbonyl (C=O) groups is 1. The van der Waals surface area contributed by atoms with Gasteiger partial charge in [-0.15, -0.1) is 0 Å². The van der Waals surface area contributed by atoms with Crippen LogP contribution in [0.2, 0.25) is 0 Å². The zero-order valence-corrected chi connectivity index (χ0v) is 12.1. The molecule has 1 aromatic carbocycles. The van der Waals surface area contributed by atoms with Gasteiger partial charge < -0.3 is 9.67 Å². The topological polar surface area (TPSA) is 59.3 Å². The quantitative estimate of drug-likeness (QED) is 0.925. The van der Waals surface area contributed by atoms with Crippen LogP contribution >= 0.6 is 15.9 Å². The molecule has 0 atom stereocenters. The molecule has 0 aliphatic rings. The predicted octanol–water partition coefficient (Wildman–Crippen LogP) is 2.92. The van der Waals surface area contributed by atoms with Crippen LogP contribution in [0.1, 0.15) is 21.7 Å². The van der Waals surface area contributed by atoms with Crippen LogP contribution in [-0.2, 0) is 0 Å². The van der Waals surface area contributed by atoms with E-state index in [-0.39, 0.29) is 11.0 Å². The lowest BCUT2D eigenvalue weighted by atomic mass is 10.1. The fourth-order valence-corrected chi connectivity index (χ4v) is 2.50. The van der Waals surface area contributed by atoms with Gasteiger partial charge in [0.15, 0.2) is 5.43 Å². The lowest BCUT2D eigenvalue weighted by Crippen LogP contribution is -2.12. The third-order valence-electron chi connectivity index (χ3n) is 2.85. The normalized spacial score (nSPS) is 10.5. The summed E-state index contributed by atoms with van der Waals surface area (Å²) in [5.74, 6) is -0.995. The summed E-state index contributed by atoms with van der Waals surface area (Å²) in [5.41, 5.74) is 2.39. The number of halogens is 1. The average Bonchev–Trinajstić information content (AvgIpc) is 2.29. The largest absolute Gasteiger partial charge is 0.478 e. The van der Waals surface area contributed by atoms with Gasteiger partial charge in [-0.25, -0.2) is 4.79 Å². The number of pyridine rings is 1. The van der Waals surface area contributed by atoms with Crippen LogP contribution in [0.5, 0.6) is 0 Å². The molecule has 0 radical (unpaired) electrons. The first-order valence-electron chi connectivity index (χ1n) is 5.63. The van der Waals surface area contributed by atoms with Crippen LogP contribution in [0.15, 0.2) is 39.6 Å². The highest BCUT2D eigenvalue weighted by molar-refractivity contribution is 9.10. The summed E-state index contributed by atoms with van der Waals surface area (Å²) in [6.07, 6.45) is 0. The second-order valence-corrected chi connectivity index (χ2v) is 5.13. The number of aromatic nitrogens is 1. The Labute approximate surface area is 118 Å². The molecule has 0 saturated carbocycles. The first-order valence-corrected chi connectivity index (χ1v) is 6.43. The Kier molecular flexibility index (Phi) is 3.57. The minimum Gasteiger partial charge on any atom is -0.478 e. The maximum absolute atomic E-state index is 11.4. The van der Waals surface area contributed by atoms with E-state index in [9.17, 15) is 9.59 Å². The summed E-state index contributed by atoms with van der Waals surface area (Å²) in [6.45, 7) is 3.63. The van der Waals surface area contributed by atoms with Crippen molar-refractivity contribution in [3.05, 3.63) is 62.0 Å². The molecular weight excluding hydrogens is 310 g/mol. The first kappa shape index (κ1) is 13.5. The lowest BCUT2D eigenvalue weighted by Gasteiger charge is -2.15. The zero-order valence-electron chi connectivity index (χ0n) is 10.5. The number of carboxylic acids is 1. The van der Waals surface area contributed by atoms with Crippen LogP contribution in [0.3, 0.4) is 0 Å². The molecule has 2 rings (SSSR count). The number of hydrogen-bond donors (Lipinski definition) is 1. The Morgan fingerprint density at radius 2 is 1.74 bits per heavy atom. The molecule has 0 unspecified atom stereocenters. The molecule has 98 valence electrons. The van der Waals surface area contributed by atoms with Crippen molar-refractivity contribution in [2.45, 2.75) is 13.8 Å². The number of benzene rings is 1. The Hall–Kier alpha value is -1.88. The fourth-order valence-electron chi connectivity index (χ4n) is 2.08. The van der Waals surface area contributed by atoms with Gasteiger partial charge in [0.1, 0.15) is 0 Å². The van der Waals surface area contributed by atoms with Gasteiger partial charge in [0.2, 0.25) is 0 Å². The Balaban J connectivity index is 2.70. The second-order valence-electron chi connectivity index (χ2n) is 4.28. The highest BCUT2D eigenvalue weighted by Crippen LogP contribution is 2.22. The number of aryl methyl sites for hydroxylation is 2. The molecular formula is C14H12BrNO3. The molecule has 0 aliphatic carbocycles. The molecule has 1 aromatic heterocycles. The van der Waals surface area contributed by atoms with Gasteiger partial charge in [-0.3, -0.25) is 4.79 Å². The highest BCUT2D eigenvalue weighted by Gasteiger charge is 2.11. The summed E-state index contributed by atoms with van der Waals surface area (Å²) in [6, 6.07) is 8.12. The number of nitrogens with zero attached hydrogens (tertiary/aromatic N) is 1. The van der Waals surface area contributed by atoms with Crippen molar-refractivity contribution < 1.29 is 9.90 Å². The molecule has 0 spiro atoms. The Morgan fingerprint density at radius 3 is 2.26 bits per heavy atom. The molecule has 4 nitrogen and oxygen atoms in total. The summed E-state index contributed by atoms with van der Waals surface area (Å²) >= 11 is 3.21. The predicted molar refractivity (Wildman–Crippen MR) is 76.2 cm³/mol. The first-order chi connectivity index (χ1) is 8.90. The van der Waals surface area contributed by atoms with Crippen molar-refractivity contribution in [2.75, 3.05) is 0 Å². The maximum atomic E-state index is 11.4. The summed E-state index contributed by atoms with van der Waals surface area (Å²) in [5, 5.41) is 9.13. The van der Waals surface area contributed by atoms with E-state index in [0.717, 1.165) is 17.1 Å². The summed E-state index contributed by atoms with van der Waals surface area (Å²) in [7, 11) is 0. The standard InChI is InChI=1S/C14H12BrNO3/c1-8-5-11(17)6-9(2)16(8)10-3-4-13(15)12(7-10)14(18)19/h3-7H,1-2H3,(H,18,19). The van der Waals surface area contributed by atoms with Gasteiger partial charge in [0, 0.05) is 33.7 Å². The monoisotopic (exact) mass is 321 g/mol. The van der Waals surface area contributed by atoms with E-state index in [1.54, 1.807) is 18.2 Å². The molecule has 0 saturated heterocycles. The number of hydrogen-bond acceptors (Lipinski definition) is 2. The van der Waals surface area contributed by atoms with Gasteiger partial charge in [-0.05, 0) is 48.0 Å². The minimum atomic E-state index is -0.995. The lowest BCUT2D eigenvalue weighted by molar-refractivity contribution is 0.0696. The maximum Gasteiger partial charge on any atom is 0.336 e. The van der Waals surface area contributed by atoms with Crippen LogP contribution < -0.4 is 5.43 Å². The SMILES string of the molecule is Cc1cc(=O)cc(C)n1-c1ccc(Br)c(C(=O)O)c1. The third kappa shape index (κ3) is 2.61. The van der Waals surface area contributed by atoms with E-state index < -0.39 is 5.97 Å². The Bertz CT molecular complexity index is 693. The zero-order chi connectivity index (χ0) is 14.2. The molecule has 5 heteroatoms. The van der Waals surface area contributed by atoms with Crippen molar-refractivity contribution in [1.29, 1.82) is 0 Å². The van der Waals surface area contributed by atoms with Gasteiger partial charge in [0.05, 0.1) is 5.56 Å². The minimum absolute atomic E-state index is 0.0539. The van der Waals surface area contributed by atoms with Gasteiger partial charge >= 0.3 is 5.97 Å². The van der Waals surface area contributed by atoms with Crippen LogP contribution in [0.4, 0.5) is 0 Å². The second kappa shape index (κ2) is 5.01. The van der Waals surface area contributed by atoms with Gasteiger partial charge in [-0.1, -0.05) is 0 Å². The van der Waals surface area contributed by atoms with Gasteiger partial charge in [-0.2, -0.15) is 0 Å². The molecule has 19 heavy (non-hydrogen) atoms. The number of rotatable bonds is 2. The van der Waals surface area contributed by atoms with Crippen LogP contribution in [0.25, 0.3) is 5.69 Å². The number of carboxylic acid groups (broad SMARTS) is 1. The van der Waals surface area contributed by atoms with Crippen molar-refractivity contribution >= 4 is 21.9 Å². The highest BCUT2D eigenvalue weighted by atomic mass is 79.9. The van der Waals surface area contributed by atoms with E-state index in [1.807, 2.05) is 18.4 Å². The fraction of sp³-hybridized carbons (Fsp3) is 0.143. The molecule has 1 heterocycles. The molecule has 0 aliphatic heterocycles. The van der Waals surface area contributed by atoms with E-state index in [1.165, 1.54) is 12.1 Å². The van der Waals surface area contributed by atoms with E-state index >= 15 is 0 Å². The molecule has 0 bridgehead atoms. The van der Waals surface area contributed by atoms with E-state index in [4.69, 9.17) is 5.11 Å². The Morgan fingerprint density at radius 1 is 1.16 bits per heavy atom.